The summed E-state index contributed by atoms with van der Waals surface area (Å²) in [5, 5.41) is 11.2. The Bertz CT molecular complexity index is 1360. The molecule has 0 saturated heterocycles. The molecule has 0 unspecified atom stereocenters. The summed E-state index contributed by atoms with van der Waals surface area (Å²) in [6.45, 7) is 0. The molecule has 174 valence electrons. The minimum atomic E-state index is -0.807. The van der Waals surface area contributed by atoms with Crippen molar-refractivity contribution < 1.29 is 18.4 Å². The molecule has 7 nitrogen and oxygen atoms in total. The van der Waals surface area contributed by atoms with Crippen molar-refractivity contribution in [1.29, 1.82) is 0 Å². The summed E-state index contributed by atoms with van der Waals surface area (Å²) in [5.41, 5.74) is 2.25. The van der Waals surface area contributed by atoms with Crippen LogP contribution >= 0.6 is 23.6 Å². The molecule has 0 aliphatic heterocycles. The van der Waals surface area contributed by atoms with E-state index in [0.29, 0.717) is 34.4 Å². The fourth-order valence-corrected chi connectivity index (χ4v) is 5.35. The summed E-state index contributed by atoms with van der Waals surface area (Å²) in [6, 6.07) is 13.9. The molecule has 0 atom stereocenters. The van der Waals surface area contributed by atoms with Gasteiger partial charge >= 0.3 is 5.97 Å². The van der Waals surface area contributed by atoms with Crippen molar-refractivity contribution in [1.82, 2.24) is 15.5 Å². The summed E-state index contributed by atoms with van der Waals surface area (Å²) >= 11 is 6.88. The maximum atomic E-state index is 13.4. The van der Waals surface area contributed by atoms with Gasteiger partial charge in [0.25, 0.3) is 0 Å². The molecule has 2 N–H and O–H groups in total. The van der Waals surface area contributed by atoms with Crippen LogP contribution in [0.5, 0.6) is 0 Å². The van der Waals surface area contributed by atoms with Gasteiger partial charge in [-0.15, -0.1) is 0 Å². The molecule has 0 radical (unpaired) electrons. The Morgan fingerprint density at radius 1 is 1.18 bits per heavy atom. The van der Waals surface area contributed by atoms with Crippen LogP contribution in [-0.2, 0) is 9.53 Å². The topological polar surface area (TPSA) is 89.3 Å². The predicted molar refractivity (Wildman–Crippen MR) is 133 cm³/mol. The van der Waals surface area contributed by atoms with Crippen LogP contribution in [0.1, 0.15) is 31.4 Å². The average molecular weight is 497 g/mol. The SMILES string of the molecule is COC(=O)C1(NC(=S)c2cc(-c3ccc(Nc4nc5ccc(F)cc5s4)cc3)no2)CCCC1. The molecule has 1 aliphatic rings. The van der Waals surface area contributed by atoms with Gasteiger partial charge in [-0.05, 0) is 43.2 Å². The van der Waals surface area contributed by atoms with E-state index < -0.39 is 5.54 Å². The number of rotatable bonds is 6. The lowest BCUT2D eigenvalue weighted by molar-refractivity contribution is -0.147. The highest BCUT2D eigenvalue weighted by Gasteiger charge is 2.43. The number of aromatic nitrogens is 2. The van der Waals surface area contributed by atoms with E-state index in [4.69, 9.17) is 21.5 Å². The number of esters is 1. The lowest BCUT2D eigenvalue weighted by Crippen LogP contribution is -2.52. The number of ether oxygens (including phenoxy) is 1. The zero-order valence-corrected chi connectivity index (χ0v) is 19.9. The summed E-state index contributed by atoms with van der Waals surface area (Å²) in [5.74, 6) is -0.199. The number of thiazole rings is 1. The standard InChI is InChI=1S/C24H21FN4O3S2/c1-31-22(30)24(10-2-3-11-24)28-21(33)19-13-18(29-32-19)14-4-7-16(8-5-14)26-23-27-17-9-6-15(25)12-20(17)34-23/h4-9,12-13H,2-3,10-11H2,1H3,(H,26,27)(H,28,33). The van der Waals surface area contributed by atoms with Crippen molar-refractivity contribution in [3.8, 4) is 11.3 Å². The molecule has 34 heavy (non-hydrogen) atoms. The first-order chi connectivity index (χ1) is 16.5. The number of nitrogens with zero attached hydrogens (tertiary/aromatic N) is 2. The number of hydrogen-bond donors (Lipinski definition) is 2. The molecule has 0 amide bonds. The second-order valence-electron chi connectivity index (χ2n) is 8.14. The van der Waals surface area contributed by atoms with E-state index in [1.54, 1.807) is 12.1 Å². The number of benzene rings is 2. The monoisotopic (exact) mass is 496 g/mol. The first-order valence-corrected chi connectivity index (χ1v) is 12.0. The number of halogens is 1. The Balaban J connectivity index is 1.28. The van der Waals surface area contributed by atoms with E-state index in [-0.39, 0.29) is 11.8 Å². The molecule has 4 aromatic rings. The molecule has 5 rings (SSSR count). The maximum absolute atomic E-state index is 13.4. The van der Waals surface area contributed by atoms with Gasteiger partial charge < -0.3 is 19.9 Å². The number of carbonyl (C=O) groups excluding carboxylic acids is 1. The third kappa shape index (κ3) is 4.38. The van der Waals surface area contributed by atoms with E-state index in [9.17, 15) is 9.18 Å². The fourth-order valence-electron chi connectivity index (χ4n) is 4.15. The van der Waals surface area contributed by atoms with Gasteiger partial charge in [-0.1, -0.05) is 53.7 Å². The third-order valence-electron chi connectivity index (χ3n) is 5.90. The van der Waals surface area contributed by atoms with Crippen LogP contribution in [0.3, 0.4) is 0 Å². The van der Waals surface area contributed by atoms with Crippen molar-refractivity contribution in [2.75, 3.05) is 12.4 Å². The molecule has 2 heterocycles. The van der Waals surface area contributed by atoms with E-state index in [1.165, 1.54) is 30.6 Å². The first-order valence-electron chi connectivity index (χ1n) is 10.8. The minimum absolute atomic E-state index is 0.280. The summed E-state index contributed by atoms with van der Waals surface area (Å²) in [4.78, 5) is 17.1. The average Bonchev–Trinajstić information content (AvgIpc) is 3.59. The molecule has 10 heteroatoms. The number of anilines is 2. The second kappa shape index (κ2) is 9.11. The van der Waals surface area contributed by atoms with Gasteiger partial charge in [0.1, 0.15) is 22.0 Å². The summed E-state index contributed by atoms with van der Waals surface area (Å²) in [7, 11) is 1.38. The molecule has 1 fully saturated rings. The minimum Gasteiger partial charge on any atom is -0.467 e. The molecular formula is C24H21FN4O3S2. The van der Waals surface area contributed by atoms with Crippen molar-refractivity contribution in [3.05, 3.63) is 60.1 Å². The third-order valence-corrected chi connectivity index (χ3v) is 7.14. The van der Waals surface area contributed by atoms with Crippen LogP contribution in [0, 0.1) is 5.82 Å². The van der Waals surface area contributed by atoms with E-state index in [2.05, 4.69) is 20.8 Å². The number of thiocarbonyl (C=S) groups is 1. The second-order valence-corrected chi connectivity index (χ2v) is 9.58. The summed E-state index contributed by atoms with van der Waals surface area (Å²) in [6.07, 6.45) is 3.19. The van der Waals surface area contributed by atoms with Gasteiger partial charge in [-0.2, -0.15) is 0 Å². The smallest absolute Gasteiger partial charge is 0.331 e. The van der Waals surface area contributed by atoms with Crippen LogP contribution in [0.2, 0.25) is 0 Å². The van der Waals surface area contributed by atoms with Crippen molar-refractivity contribution in [2.24, 2.45) is 0 Å². The van der Waals surface area contributed by atoms with Crippen molar-refractivity contribution in [3.63, 3.8) is 0 Å². The first kappa shape index (κ1) is 22.4. The molecule has 1 aliphatic carbocycles. The zero-order chi connectivity index (χ0) is 23.7. The van der Waals surface area contributed by atoms with E-state index >= 15 is 0 Å². The van der Waals surface area contributed by atoms with Crippen LogP contribution in [0.4, 0.5) is 15.2 Å². The predicted octanol–water partition coefficient (Wildman–Crippen LogP) is 5.58. The molecular weight excluding hydrogens is 475 g/mol. The molecule has 0 bridgehead atoms. The van der Waals surface area contributed by atoms with Gasteiger partial charge in [-0.25, -0.2) is 14.2 Å². The van der Waals surface area contributed by atoms with Crippen LogP contribution in [0.25, 0.3) is 21.5 Å². The van der Waals surface area contributed by atoms with Gasteiger partial charge in [-0.3, -0.25) is 0 Å². The molecule has 2 aromatic carbocycles. The normalized spacial score (nSPS) is 14.8. The van der Waals surface area contributed by atoms with Crippen molar-refractivity contribution in [2.45, 2.75) is 31.2 Å². The number of fused-ring (bicyclic) bond motifs is 1. The lowest BCUT2D eigenvalue weighted by atomic mass is 9.97. The number of hydrogen-bond acceptors (Lipinski definition) is 8. The highest BCUT2D eigenvalue weighted by molar-refractivity contribution is 7.80. The Kier molecular flexibility index (Phi) is 6.01. The lowest BCUT2D eigenvalue weighted by Gasteiger charge is -2.27. The quantitative estimate of drug-likeness (QED) is 0.264. The highest BCUT2D eigenvalue weighted by Crippen LogP contribution is 2.32. The van der Waals surface area contributed by atoms with Crippen LogP contribution in [0.15, 0.2) is 53.1 Å². The Morgan fingerprint density at radius 3 is 2.68 bits per heavy atom. The molecule has 1 saturated carbocycles. The largest absolute Gasteiger partial charge is 0.467 e. The Hall–Kier alpha value is -3.37. The van der Waals surface area contributed by atoms with Gasteiger partial charge in [0, 0.05) is 17.3 Å². The van der Waals surface area contributed by atoms with Gasteiger partial charge in [0.05, 0.1) is 17.3 Å². The number of nitrogens with one attached hydrogen (secondary N) is 2. The van der Waals surface area contributed by atoms with Gasteiger partial charge in [0.15, 0.2) is 10.9 Å². The molecule has 0 spiro atoms. The van der Waals surface area contributed by atoms with Crippen molar-refractivity contribution >= 4 is 55.5 Å². The van der Waals surface area contributed by atoms with E-state index in [1.807, 2.05) is 24.3 Å². The Labute approximate surface area is 204 Å². The maximum Gasteiger partial charge on any atom is 0.331 e. The summed E-state index contributed by atoms with van der Waals surface area (Å²) < 4.78 is 24.6. The highest BCUT2D eigenvalue weighted by atomic mass is 32.1. The molecule has 2 aromatic heterocycles. The van der Waals surface area contributed by atoms with Crippen LogP contribution < -0.4 is 10.6 Å². The number of carbonyl (C=O) groups is 1. The number of methoxy groups -OCH3 is 1. The van der Waals surface area contributed by atoms with Crippen LogP contribution in [-0.4, -0.2) is 33.7 Å². The fraction of sp³-hybridized carbons (Fsp3) is 0.250. The Morgan fingerprint density at radius 2 is 1.94 bits per heavy atom. The van der Waals surface area contributed by atoms with Gasteiger partial charge in [0.2, 0.25) is 0 Å². The zero-order valence-electron chi connectivity index (χ0n) is 18.3. The van der Waals surface area contributed by atoms with E-state index in [0.717, 1.165) is 34.3 Å².